The van der Waals surface area contributed by atoms with E-state index in [2.05, 4.69) is 5.48 Å². The number of aliphatic hydroxyl groups excluding tert-OH is 2. The Morgan fingerprint density at radius 3 is 2.30 bits per heavy atom. The summed E-state index contributed by atoms with van der Waals surface area (Å²) in [4.78, 5) is 5.00. The lowest BCUT2D eigenvalue weighted by Crippen LogP contribution is -2.62. The molecule has 3 N–H and O–H groups in total. The van der Waals surface area contributed by atoms with Crippen LogP contribution in [0.3, 0.4) is 0 Å². The van der Waals surface area contributed by atoms with Crippen molar-refractivity contribution in [1.29, 1.82) is 0 Å². The second-order valence-electron chi connectivity index (χ2n) is 2.94. The molecule has 4 heteroatoms. The highest BCUT2D eigenvalue weighted by Crippen LogP contribution is 2.26. The average Bonchev–Trinajstić information content (AvgIpc) is 2.00. The monoisotopic (exact) mass is 145 g/mol. The molecule has 4 atom stereocenters. The molecule has 0 amide bonds. The molecule has 2 saturated heterocycles. The van der Waals surface area contributed by atoms with Gasteiger partial charge < -0.3 is 10.2 Å². The Balaban J connectivity index is 2.13. The third kappa shape index (κ3) is 0.769. The van der Waals surface area contributed by atoms with Gasteiger partial charge in [-0.3, -0.25) is 4.84 Å². The summed E-state index contributed by atoms with van der Waals surface area (Å²) in [5.74, 6) is 0. The maximum atomic E-state index is 9.28. The molecule has 1 saturated carbocycles. The van der Waals surface area contributed by atoms with Gasteiger partial charge in [0.25, 0.3) is 0 Å². The van der Waals surface area contributed by atoms with Gasteiger partial charge in [-0.15, -0.1) is 0 Å². The Morgan fingerprint density at radius 1 is 1.20 bits per heavy atom. The minimum absolute atomic E-state index is 0.0694. The molecule has 3 aliphatic rings. The van der Waals surface area contributed by atoms with Crippen molar-refractivity contribution in [3.63, 3.8) is 0 Å². The van der Waals surface area contributed by atoms with Crippen molar-refractivity contribution >= 4 is 0 Å². The summed E-state index contributed by atoms with van der Waals surface area (Å²) in [7, 11) is 0. The first-order valence-electron chi connectivity index (χ1n) is 3.56. The smallest absolute Gasteiger partial charge is 0.110 e. The van der Waals surface area contributed by atoms with E-state index in [0.29, 0.717) is 0 Å². The van der Waals surface area contributed by atoms with E-state index in [1.807, 2.05) is 0 Å². The van der Waals surface area contributed by atoms with Gasteiger partial charge in [-0.25, -0.2) is 0 Å². The first-order chi connectivity index (χ1) is 4.79. The number of nitrogens with one attached hydrogen (secondary N) is 1. The molecule has 3 rings (SSSR count). The Bertz CT molecular complexity index is 113. The Labute approximate surface area is 58.8 Å². The molecule has 0 unspecified atom stereocenters. The summed E-state index contributed by atoms with van der Waals surface area (Å²) in [5, 5.41) is 18.5. The van der Waals surface area contributed by atoms with Crippen LogP contribution in [-0.4, -0.2) is 34.6 Å². The molecular formula is C6H11NO3. The van der Waals surface area contributed by atoms with Crippen LogP contribution in [0.4, 0.5) is 0 Å². The van der Waals surface area contributed by atoms with E-state index in [0.717, 1.165) is 12.8 Å². The lowest BCUT2D eigenvalue weighted by Gasteiger charge is -2.43. The third-order valence-electron chi connectivity index (χ3n) is 2.28. The van der Waals surface area contributed by atoms with Crippen molar-refractivity contribution in [2.45, 2.75) is 37.2 Å². The van der Waals surface area contributed by atoms with Gasteiger partial charge in [0.15, 0.2) is 0 Å². The molecule has 0 spiro atoms. The van der Waals surface area contributed by atoms with Crippen molar-refractivity contribution in [1.82, 2.24) is 5.48 Å². The predicted octanol–water partition coefficient (Wildman–Crippen LogP) is -1.23. The molecule has 0 aromatic heterocycles. The molecule has 0 aromatic carbocycles. The van der Waals surface area contributed by atoms with Crippen LogP contribution < -0.4 is 5.48 Å². The maximum Gasteiger partial charge on any atom is 0.110 e. The molecule has 10 heavy (non-hydrogen) atoms. The van der Waals surface area contributed by atoms with Crippen molar-refractivity contribution in [2.24, 2.45) is 0 Å². The van der Waals surface area contributed by atoms with Crippen molar-refractivity contribution in [3.05, 3.63) is 0 Å². The number of hydroxylamine groups is 1. The quantitative estimate of drug-likeness (QED) is 0.399. The van der Waals surface area contributed by atoms with Gasteiger partial charge in [0.05, 0.1) is 6.04 Å². The Morgan fingerprint density at radius 2 is 2.00 bits per heavy atom. The lowest BCUT2D eigenvalue weighted by molar-refractivity contribution is -0.221. The molecule has 0 radical (unpaired) electrons. The van der Waals surface area contributed by atoms with Gasteiger partial charge in [-0.05, 0) is 12.8 Å². The van der Waals surface area contributed by atoms with Gasteiger partial charge in [0, 0.05) is 0 Å². The standard InChI is InChI=1S/C6H11NO3/c8-5-3-1-2-4(6(5)9)10-7-3/h3-9H,1-2H2/t3-,4+,5+,6-/m1/s1. The summed E-state index contributed by atoms with van der Waals surface area (Å²) in [6.45, 7) is 0. The first kappa shape index (κ1) is 6.54. The summed E-state index contributed by atoms with van der Waals surface area (Å²) in [5.41, 5.74) is 2.69. The fraction of sp³-hybridized carbons (Fsp3) is 1.00. The highest BCUT2D eigenvalue weighted by molar-refractivity contribution is 4.93. The summed E-state index contributed by atoms with van der Waals surface area (Å²) in [6.07, 6.45) is 0.186. The zero-order valence-corrected chi connectivity index (χ0v) is 5.53. The maximum absolute atomic E-state index is 9.28. The third-order valence-corrected chi connectivity index (χ3v) is 2.28. The molecule has 3 fully saturated rings. The molecule has 2 bridgehead atoms. The highest BCUT2D eigenvalue weighted by atomic mass is 16.7. The molecule has 2 heterocycles. The summed E-state index contributed by atoms with van der Waals surface area (Å²) in [6, 6.07) is -0.0694. The number of rotatable bonds is 0. The zero-order chi connectivity index (χ0) is 7.14. The molecule has 1 aliphatic carbocycles. The molecule has 4 nitrogen and oxygen atoms in total. The Hall–Kier alpha value is -0.160. The number of hydrogen-bond donors (Lipinski definition) is 3. The summed E-state index contributed by atoms with van der Waals surface area (Å²) >= 11 is 0. The SMILES string of the molecule is O[C@@H]1[C@H](O)[C@@H]2CC[C@H]1NO2. The fourth-order valence-corrected chi connectivity index (χ4v) is 1.58. The predicted molar refractivity (Wildman–Crippen MR) is 33.0 cm³/mol. The zero-order valence-electron chi connectivity index (χ0n) is 5.53. The second kappa shape index (κ2) is 2.17. The summed E-state index contributed by atoms with van der Waals surface area (Å²) < 4.78 is 0. The number of fused-ring (bicyclic) bond motifs is 3. The normalized spacial score (nSPS) is 53.4. The van der Waals surface area contributed by atoms with E-state index in [4.69, 9.17) is 4.84 Å². The fourth-order valence-electron chi connectivity index (χ4n) is 1.58. The van der Waals surface area contributed by atoms with Crippen molar-refractivity contribution in [2.75, 3.05) is 0 Å². The molecular weight excluding hydrogens is 134 g/mol. The topological polar surface area (TPSA) is 61.7 Å². The lowest BCUT2D eigenvalue weighted by atomic mass is 9.87. The van der Waals surface area contributed by atoms with E-state index in [9.17, 15) is 10.2 Å². The van der Waals surface area contributed by atoms with E-state index in [1.165, 1.54) is 0 Å². The van der Waals surface area contributed by atoms with Gasteiger partial charge in [0.2, 0.25) is 0 Å². The minimum Gasteiger partial charge on any atom is -0.389 e. The van der Waals surface area contributed by atoms with Gasteiger partial charge >= 0.3 is 0 Å². The first-order valence-corrected chi connectivity index (χ1v) is 3.56. The van der Waals surface area contributed by atoms with Crippen LogP contribution in [0.5, 0.6) is 0 Å². The minimum atomic E-state index is -0.694. The van der Waals surface area contributed by atoms with Crippen LogP contribution in [0.15, 0.2) is 0 Å². The van der Waals surface area contributed by atoms with Gasteiger partial charge in [0.1, 0.15) is 18.3 Å². The average molecular weight is 145 g/mol. The van der Waals surface area contributed by atoms with Crippen LogP contribution >= 0.6 is 0 Å². The van der Waals surface area contributed by atoms with E-state index in [1.54, 1.807) is 0 Å². The van der Waals surface area contributed by atoms with Crippen LogP contribution in [0.25, 0.3) is 0 Å². The van der Waals surface area contributed by atoms with Crippen molar-refractivity contribution in [3.8, 4) is 0 Å². The van der Waals surface area contributed by atoms with E-state index in [-0.39, 0.29) is 12.1 Å². The molecule has 2 aliphatic heterocycles. The van der Waals surface area contributed by atoms with Crippen LogP contribution in [0.2, 0.25) is 0 Å². The van der Waals surface area contributed by atoms with Crippen LogP contribution in [-0.2, 0) is 4.84 Å². The second-order valence-corrected chi connectivity index (χ2v) is 2.94. The van der Waals surface area contributed by atoms with E-state index >= 15 is 0 Å². The molecule has 58 valence electrons. The highest BCUT2D eigenvalue weighted by Gasteiger charge is 2.43. The largest absolute Gasteiger partial charge is 0.389 e. The van der Waals surface area contributed by atoms with Crippen LogP contribution in [0, 0.1) is 0 Å². The van der Waals surface area contributed by atoms with Crippen LogP contribution in [0.1, 0.15) is 12.8 Å². The number of aliphatic hydroxyl groups is 2. The molecule has 0 aromatic rings. The van der Waals surface area contributed by atoms with Gasteiger partial charge in [-0.1, -0.05) is 0 Å². The van der Waals surface area contributed by atoms with Gasteiger partial charge in [-0.2, -0.15) is 5.48 Å². The van der Waals surface area contributed by atoms with E-state index < -0.39 is 12.2 Å². The number of hydrogen-bond acceptors (Lipinski definition) is 4. The Kier molecular flexibility index (Phi) is 1.42. The van der Waals surface area contributed by atoms with Crippen molar-refractivity contribution < 1.29 is 15.1 Å².